The normalized spacial score (nSPS) is 15.2. The average molecular weight is 344 g/mol. The van der Waals surface area contributed by atoms with Gasteiger partial charge in [-0.1, -0.05) is 18.0 Å². The second-order valence-electron chi connectivity index (χ2n) is 4.42. The first-order valence-electron chi connectivity index (χ1n) is 6.04. The van der Waals surface area contributed by atoms with Crippen LogP contribution in [0.15, 0.2) is 15.9 Å². The summed E-state index contributed by atoms with van der Waals surface area (Å²) in [6.45, 7) is 0. The maximum absolute atomic E-state index is 6.33. The Labute approximate surface area is 124 Å². The molecule has 0 radical (unpaired) electrons. The van der Waals surface area contributed by atoms with E-state index in [9.17, 15) is 0 Å². The van der Waals surface area contributed by atoms with E-state index in [2.05, 4.69) is 20.9 Å². The van der Waals surface area contributed by atoms with Gasteiger partial charge in [0.05, 0.1) is 4.88 Å². The molecule has 0 aromatic carbocycles. The number of fused-ring (bicyclic) bond motifs is 1. The van der Waals surface area contributed by atoms with Crippen molar-refractivity contribution in [1.82, 2.24) is 9.97 Å². The minimum Gasteiger partial charge on any atom is -0.232 e. The Bertz CT molecular complexity index is 582. The highest BCUT2D eigenvalue weighted by atomic mass is 79.9. The van der Waals surface area contributed by atoms with Gasteiger partial charge >= 0.3 is 0 Å². The highest BCUT2D eigenvalue weighted by Gasteiger charge is 2.17. The van der Waals surface area contributed by atoms with E-state index in [1.165, 1.54) is 19.3 Å². The van der Waals surface area contributed by atoms with E-state index in [-0.39, 0.29) is 0 Å². The summed E-state index contributed by atoms with van der Waals surface area (Å²) in [6.07, 6.45) is 5.68. The zero-order valence-corrected chi connectivity index (χ0v) is 12.9. The summed E-state index contributed by atoms with van der Waals surface area (Å²) >= 11 is 11.5. The lowest BCUT2D eigenvalue weighted by molar-refractivity contribution is 0.709. The number of rotatable bonds is 1. The summed E-state index contributed by atoms with van der Waals surface area (Å²) in [4.78, 5) is 10.2. The zero-order valence-electron chi connectivity index (χ0n) is 9.75. The van der Waals surface area contributed by atoms with Gasteiger partial charge in [0.15, 0.2) is 5.82 Å². The van der Waals surface area contributed by atoms with Gasteiger partial charge in [-0.25, -0.2) is 9.97 Å². The van der Waals surface area contributed by atoms with Gasteiger partial charge in [-0.05, 0) is 53.1 Å². The fourth-order valence-electron chi connectivity index (χ4n) is 2.28. The molecule has 2 heterocycles. The molecule has 0 fully saturated rings. The van der Waals surface area contributed by atoms with E-state index in [1.54, 1.807) is 11.3 Å². The average Bonchev–Trinajstić information content (AvgIpc) is 2.63. The summed E-state index contributed by atoms with van der Waals surface area (Å²) in [6, 6.07) is 2.02. The minimum atomic E-state index is 0.636. The summed E-state index contributed by atoms with van der Waals surface area (Å²) < 4.78 is 1.04. The van der Waals surface area contributed by atoms with Crippen molar-refractivity contribution in [3.8, 4) is 10.7 Å². The van der Waals surface area contributed by atoms with Crippen LogP contribution in [-0.2, 0) is 12.8 Å². The van der Waals surface area contributed by atoms with E-state index >= 15 is 0 Å². The van der Waals surface area contributed by atoms with Crippen molar-refractivity contribution >= 4 is 38.9 Å². The number of nitrogens with zero attached hydrogens (tertiary/aromatic N) is 2. The van der Waals surface area contributed by atoms with Crippen LogP contribution < -0.4 is 0 Å². The van der Waals surface area contributed by atoms with Crippen molar-refractivity contribution in [3.05, 3.63) is 32.3 Å². The number of aryl methyl sites for hydroxylation is 1. The molecule has 0 N–H and O–H groups in total. The second-order valence-corrected chi connectivity index (χ2v) is 6.55. The third-order valence-electron chi connectivity index (χ3n) is 3.20. The third kappa shape index (κ3) is 2.33. The molecule has 0 saturated carbocycles. The molecule has 1 aliphatic carbocycles. The summed E-state index contributed by atoms with van der Waals surface area (Å²) in [5.74, 6) is 0.752. The van der Waals surface area contributed by atoms with Crippen LogP contribution in [0.3, 0.4) is 0 Å². The minimum absolute atomic E-state index is 0.636. The van der Waals surface area contributed by atoms with Gasteiger partial charge in [-0.3, -0.25) is 0 Å². The largest absolute Gasteiger partial charge is 0.232 e. The molecule has 2 nitrogen and oxygen atoms in total. The molecular formula is C13H12BrClN2S. The summed E-state index contributed by atoms with van der Waals surface area (Å²) in [5, 5.41) is 2.67. The van der Waals surface area contributed by atoms with Gasteiger partial charge < -0.3 is 0 Å². The molecular weight excluding hydrogens is 332 g/mol. The predicted octanol–water partition coefficient (Wildman–Crippen LogP) is 4.89. The second kappa shape index (κ2) is 5.27. The summed E-state index contributed by atoms with van der Waals surface area (Å²) in [7, 11) is 0. The van der Waals surface area contributed by atoms with E-state index in [1.807, 2.05) is 11.4 Å². The van der Waals surface area contributed by atoms with Crippen LogP contribution in [0.2, 0.25) is 5.15 Å². The van der Waals surface area contributed by atoms with Crippen LogP contribution >= 0.6 is 38.9 Å². The van der Waals surface area contributed by atoms with Gasteiger partial charge in [0.25, 0.3) is 0 Å². The lowest BCUT2D eigenvalue weighted by Crippen LogP contribution is -2.01. The smallest absolute Gasteiger partial charge is 0.172 e. The molecule has 0 atom stereocenters. The SMILES string of the molecule is Clc1nc(-c2sccc2Br)nc2c1CCCCC2. The van der Waals surface area contributed by atoms with Crippen LogP contribution in [0.1, 0.15) is 30.5 Å². The Hall–Kier alpha value is -0.450. The fourth-order valence-corrected chi connectivity index (χ4v) is 4.05. The Balaban J connectivity index is 2.11. The van der Waals surface area contributed by atoms with Crippen molar-refractivity contribution in [3.63, 3.8) is 0 Å². The monoisotopic (exact) mass is 342 g/mol. The van der Waals surface area contributed by atoms with Gasteiger partial charge in [-0.15, -0.1) is 11.3 Å². The van der Waals surface area contributed by atoms with E-state index in [0.29, 0.717) is 5.15 Å². The molecule has 0 saturated heterocycles. The van der Waals surface area contributed by atoms with Crippen molar-refractivity contribution in [2.75, 3.05) is 0 Å². The molecule has 3 rings (SSSR count). The van der Waals surface area contributed by atoms with Crippen molar-refractivity contribution in [2.24, 2.45) is 0 Å². The summed E-state index contributed by atoms with van der Waals surface area (Å²) in [5.41, 5.74) is 2.30. The Morgan fingerprint density at radius 2 is 2.00 bits per heavy atom. The maximum atomic E-state index is 6.33. The molecule has 0 aliphatic heterocycles. The lowest BCUT2D eigenvalue weighted by Gasteiger charge is -2.08. The maximum Gasteiger partial charge on any atom is 0.172 e. The quantitative estimate of drug-likeness (QED) is 0.544. The molecule has 1 aliphatic rings. The Morgan fingerprint density at radius 3 is 2.78 bits per heavy atom. The molecule has 2 aromatic rings. The standard InChI is InChI=1S/C13H12BrClN2S/c14-9-6-7-18-11(9)13-16-10-5-3-1-2-4-8(10)12(15)17-13/h6-7H,1-5H2. The van der Waals surface area contributed by atoms with Crippen molar-refractivity contribution in [1.29, 1.82) is 0 Å². The molecule has 0 unspecified atom stereocenters. The topological polar surface area (TPSA) is 25.8 Å². The molecule has 5 heteroatoms. The van der Waals surface area contributed by atoms with Crippen LogP contribution in [0.25, 0.3) is 10.7 Å². The fraction of sp³-hybridized carbons (Fsp3) is 0.385. The first kappa shape index (κ1) is 12.6. The molecule has 18 heavy (non-hydrogen) atoms. The molecule has 2 aromatic heterocycles. The highest BCUT2D eigenvalue weighted by Crippen LogP contribution is 2.34. The van der Waals surface area contributed by atoms with E-state index < -0.39 is 0 Å². The predicted molar refractivity (Wildman–Crippen MR) is 79.3 cm³/mol. The van der Waals surface area contributed by atoms with Crippen molar-refractivity contribution < 1.29 is 0 Å². The van der Waals surface area contributed by atoms with Crippen LogP contribution in [0.5, 0.6) is 0 Å². The molecule has 0 amide bonds. The van der Waals surface area contributed by atoms with Gasteiger partial charge in [0, 0.05) is 15.7 Å². The first-order valence-corrected chi connectivity index (χ1v) is 8.09. The van der Waals surface area contributed by atoms with E-state index in [0.717, 1.165) is 39.3 Å². The number of hydrogen-bond acceptors (Lipinski definition) is 3. The molecule has 0 bridgehead atoms. The molecule has 0 spiro atoms. The van der Waals surface area contributed by atoms with Gasteiger partial charge in [0.2, 0.25) is 0 Å². The first-order chi connectivity index (χ1) is 8.75. The highest BCUT2D eigenvalue weighted by molar-refractivity contribution is 9.10. The number of hydrogen-bond donors (Lipinski definition) is 0. The Morgan fingerprint density at radius 1 is 1.17 bits per heavy atom. The number of thiophene rings is 1. The number of aromatic nitrogens is 2. The van der Waals surface area contributed by atoms with Crippen LogP contribution in [-0.4, -0.2) is 9.97 Å². The van der Waals surface area contributed by atoms with E-state index in [4.69, 9.17) is 16.6 Å². The van der Waals surface area contributed by atoms with Gasteiger partial charge in [-0.2, -0.15) is 0 Å². The van der Waals surface area contributed by atoms with Crippen LogP contribution in [0.4, 0.5) is 0 Å². The molecule has 94 valence electrons. The zero-order chi connectivity index (χ0) is 12.5. The number of halogens is 2. The Kier molecular flexibility index (Phi) is 3.68. The lowest BCUT2D eigenvalue weighted by atomic mass is 10.1. The van der Waals surface area contributed by atoms with Crippen LogP contribution in [0, 0.1) is 0 Å². The van der Waals surface area contributed by atoms with Gasteiger partial charge in [0.1, 0.15) is 5.15 Å². The third-order valence-corrected chi connectivity index (χ3v) is 5.35. The van der Waals surface area contributed by atoms with Crippen molar-refractivity contribution in [2.45, 2.75) is 32.1 Å².